The van der Waals surface area contributed by atoms with Crippen LogP contribution in [0.4, 0.5) is 0 Å². The molecule has 0 unspecified atom stereocenters. The first-order valence-corrected chi connectivity index (χ1v) is 11.0. The lowest BCUT2D eigenvalue weighted by atomic mass is 9.96. The summed E-state index contributed by atoms with van der Waals surface area (Å²) in [6.45, 7) is 2.27. The first-order valence-electron chi connectivity index (χ1n) is 9.18. The fourth-order valence-electron chi connectivity index (χ4n) is 3.33. The molecule has 1 heterocycles. The van der Waals surface area contributed by atoms with Crippen molar-refractivity contribution in [1.82, 2.24) is 0 Å². The van der Waals surface area contributed by atoms with E-state index < -0.39 is 0 Å². The second kappa shape index (κ2) is 10.9. The molecule has 0 bridgehead atoms. The normalized spacial score (nSPS) is 28.0. The first kappa shape index (κ1) is 19.5. The lowest BCUT2D eigenvalue weighted by Crippen LogP contribution is -2.42. The fourth-order valence-corrected chi connectivity index (χ4v) is 4.69. The van der Waals surface area contributed by atoms with Gasteiger partial charge in [0.15, 0.2) is 0 Å². The zero-order chi connectivity index (χ0) is 16.5. The number of rotatable bonds is 9. The summed E-state index contributed by atoms with van der Waals surface area (Å²) in [5.41, 5.74) is 1.42. The summed E-state index contributed by atoms with van der Waals surface area (Å²) in [7, 11) is 0. The summed E-state index contributed by atoms with van der Waals surface area (Å²) >= 11 is 7.72. The molecule has 0 N–H and O–H groups in total. The van der Waals surface area contributed by atoms with Crippen LogP contribution in [0, 0.1) is 0 Å². The lowest BCUT2D eigenvalue weighted by Gasteiger charge is -2.37. The minimum absolute atomic E-state index is 0.357. The van der Waals surface area contributed by atoms with E-state index in [-0.39, 0.29) is 0 Å². The lowest BCUT2D eigenvalue weighted by molar-refractivity contribution is -0.0482. The molecule has 3 heteroatoms. The van der Waals surface area contributed by atoms with Crippen molar-refractivity contribution >= 4 is 31.9 Å². The van der Waals surface area contributed by atoms with Gasteiger partial charge in [0.25, 0.3) is 0 Å². The van der Waals surface area contributed by atoms with Crippen molar-refractivity contribution in [2.75, 3.05) is 0 Å². The topological polar surface area (TPSA) is 9.23 Å². The van der Waals surface area contributed by atoms with Gasteiger partial charge in [0, 0.05) is 4.83 Å². The van der Waals surface area contributed by atoms with E-state index in [1.165, 1.54) is 44.1 Å². The van der Waals surface area contributed by atoms with Crippen LogP contribution in [0.3, 0.4) is 0 Å². The molecule has 1 fully saturated rings. The van der Waals surface area contributed by atoms with Gasteiger partial charge in [-0.3, -0.25) is 0 Å². The Morgan fingerprint density at radius 2 is 1.74 bits per heavy atom. The molecule has 1 aliphatic rings. The second-order valence-electron chi connectivity index (χ2n) is 6.72. The number of hydrogen-bond acceptors (Lipinski definition) is 1. The van der Waals surface area contributed by atoms with E-state index in [0.29, 0.717) is 21.9 Å². The average Bonchev–Trinajstić information content (AvgIpc) is 2.57. The van der Waals surface area contributed by atoms with E-state index in [0.717, 1.165) is 19.3 Å². The van der Waals surface area contributed by atoms with Crippen LogP contribution < -0.4 is 0 Å². The van der Waals surface area contributed by atoms with Crippen molar-refractivity contribution in [2.45, 2.75) is 86.6 Å². The van der Waals surface area contributed by atoms with Crippen molar-refractivity contribution in [2.24, 2.45) is 0 Å². The molecule has 23 heavy (non-hydrogen) atoms. The number of halogens is 2. The summed E-state index contributed by atoms with van der Waals surface area (Å²) in [6, 6.07) is 10.8. The first-order chi connectivity index (χ1) is 11.2. The third kappa shape index (κ3) is 6.88. The van der Waals surface area contributed by atoms with Crippen molar-refractivity contribution in [3.63, 3.8) is 0 Å². The van der Waals surface area contributed by atoms with Crippen LogP contribution in [0.1, 0.15) is 63.9 Å². The van der Waals surface area contributed by atoms with Crippen LogP contribution in [0.2, 0.25) is 0 Å². The zero-order valence-corrected chi connectivity index (χ0v) is 17.4. The van der Waals surface area contributed by atoms with E-state index in [2.05, 4.69) is 69.1 Å². The number of benzene rings is 1. The summed E-state index contributed by atoms with van der Waals surface area (Å²) in [5, 5.41) is 0. The predicted molar refractivity (Wildman–Crippen MR) is 107 cm³/mol. The third-order valence-corrected chi connectivity index (χ3v) is 7.63. The van der Waals surface area contributed by atoms with Crippen molar-refractivity contribution in [1.29, 1.82) is 0 Å². The van der Waals surface area contributed by atoms with Crippen LogP contribution >= 0.6 is 31.9 Å². The fraction of sp³-hybridized carbons (Fsp3) is 0.700. The summed E-state index contributed by atoms with van der Waals surface area (Å²) in [5.74, 6) is 0. The Bertz CT molecular complexity index is 423. The van der Waals surface area contributed by atoms with Crippen LogP contribution in [0.5, 0.6) is 0 Å². The van der Waals surface area contributed by atoms with Gasteiger partial charge in [0.05, 0.1) is 17.0 Å². The highest BCUT2D eigenvalue weighted by atomic mass is 79.9. The van der Waals surface area contributed by atoms with E-state index in [9.17, 15) is 0 Å². The third-order valence-electron chi connectivity index (χ3n) is 4.75. The smallest absolute Gasteiger partial charge is 0.0714 e. The number of aryl methyl sites for hydroxylation is 1. The van der Waals surface area contributed by atoms with Crippen LogP contribution in [0.25, 0.3) is 0 Å². The Kier molecular flexibility index (Phi) is 9.22. The van der Waals surface area contributed by atoms with Gasteiger partial charge in [0.2, 0.25) is 0 Å². The molecule has 2 rings (SSSR count). The van der Waals surface area contributed by atoms with Crippen molar-refractivity contribution in [3.05, 3.63) is 35.9 Å². The highest BCUT2D eigenvalue weighted by Gasteiger charge is 2.35. The Morgan fingerprint density at radius 3 is 2.48 bits per heavy atom. The molecular weight excluding hydrogens is 416 g/mol. The molecule has 0 radical (unpaired) electrons. The van der Waals surface area contributed by atoms with E-state index in [4.69, 9.17) is 4.74 Å². The standard InChI is InChI=1S/C20H30Br2O/c1-2-3-4-5-9-12-19-20(22)18(21)15-17(23-19)14-13-16-10-7-6-8-11-16/h6-8,10-11,17-20H,2-5,9,12-15H2,1H3/t17-,18+,19+,20+/m0/s1. The molecule has 1 aliphatic heterocycles. The molecule has 0 amide bonds. The molecule has 0 saturated carbocycles. The van der Waals surface area contributed by atoms with Gasteiger partial charge in [-0.25, -0.2) is 0 Å². The minimum Gasteiger partial charge on any atom is -0.374 e. The van der Waals surface area contributed by atoms with Crippen LogP contribution in [-0.4, -0.2) is 21.9 Å². The molecular formula is C20H30Br2O. The van der Waals surface area contributed by atoms with Gasteiger partial charge in [-0.15, -0.1) is 0 Å². The van der Waals surface area contributed by atoms with E-state index >= 15 is 0 Å². The molecule has 1 saturated heterocycles. The Morgan fingerprint density at radius 1 is 1.00 bits per heavy atom. The van der Waals surface area contributed by atoms with Gasteiger partial charge in [-0.05, 0) is 31.2 Å². The Labute approximate surface area is 158 Å². The highest BCUT2D eigenvalue weighted by Crippen LogP contribution is 2.34. The quantitative estimate of drug-likeness (QED) is 0.304. The molecule has 130 valence electrons. The van der Waals surface area contributed by atoms with Crippen molar-refractivity contribution < 1.29 is 4.74 Å². The van der Waals surface area contributed by atoms with E-state index in [1.807, 2.05) is 0 Å². The number of unbranched alkanes of at least 4 members (excludes halogenated alkanes) is 4. The SMILES string of the molecule is CCCCCCC[C@H]1O[C@@H](CCc2ccccc2)C[C@@H](Br)[C@H]1Br. The molecule has 0 aromatic heterocycles. The summed E-state index contributed by atoms with van der Waals surface area (Å²) < 4.78 is 6.42. The van der Waals surface area contributed by atoms with E-state index in [1.54, 1.807) is 0 Å². The molecule has 1 nitrogen and oxygen atoms in total. The van der Waals surface area contributed by atoms with Gasteiger partial charge in [-0.2, -0.15) is 0 Å². The highest BCUT2D eigenvalue weighted by molar-refractivity contribution is 9.12. The minimum atomic E-state index is 0.357. The maximum atomic E-state index is 6.42. The number of ether oxygens (including phenoxy) is 1. The molecule has 4 atom stereocenters. The number of hydrogen-bond donors (Lipinski definition) is 0. The predicted octanol–water partition coefficient (Wildman–Crippen LogP) is 6.66. The monoisotopic (exact) mass is 444 g/mol. The molecule has 1 aromatic carbocycles. The average molecular weight is 446 g/mol. The Balaban J connectivity index is 1.76. The largest absolute Gasteiger partial charge is 0.374 e. The van der Waals surface area contributed by atoms with Crippen LogP contribution in [-0.2, 0) is 11.2 Å². The van der Waals surface area contributed by atoms with Gasteiger partial charge in [0.1, 0.15) is 0 Å². The maximum absolute atomic E-state index is 6.42. The van der Waals surface area contributed by atoms with Crippen molar-refractivity contribution in [3.8, 4) is 0 Å². The number of alkyl halides is 2. The van der Waals surface area contributed by atoms with Gasteiger partial charge >= 0.3 is 0 Å². The second-order valence-corrected chi connectivity index (χ2v) is 8.95. The molecule has 0 spiro atoms. The molecule has 0 aliphatic carbocycles. The maximum Gasteiger partial charge on any atom is 0.0714 e. The summed E-state index contributed by atoms with van der Waals surface area (Å²) in [4.78, 5) is 0.972. The Hall–Kier alpha value is 0.140. The zero-order valence-electron chi connectivity index (χ0n) is 14.2. The summed E-state index contributed by atoms with van der Waals surface area (Å²) in [6.07, 6.45) is 11.9. The van der Waals surface area contributed by atoms with Crippen LogP contribution in [0.15, 0.2) is 30.3 Å². The molecule has 1 aromatic rings. The van der Waals surface area contributed by atoms with Gasteiger partial charge < -0.3 is 4.74 Å². The van der Waals surface area contributed by atoms with Gasteiger partial charge in [-0.1, -0.05) is 101 Å².